The van der Waals surface area contributed by atoms with E-state index in [1.165, 1.54) is 0 Å². The van der Waals surface area contributed by atoms with Crippen LogP contribution in [-0.2, 0) is 22.6 Å². The topological polar surface area (TPSA) is 80.6 Å². The van der Waals surface area contributed by atoms with E-state index >= 15 is 0 Å². The van der Waals surface area contributed by atoms with Crippen LogP contribution in [0.15, 0.2) is 48.5 Å². The molecule has 4 rings (SSSR count). The Hall–Kier alpha value is -3.10. The highest BCUT2D eigenvalue weighted by Gasteiger charge is 2.24. The van der Waals surface area contributed by atoms with Crippen molar-refractivity contribution in [3.8, 4) is 5.75 Å². The number of aldehydes is 1. The molecule has 8 heteroatoms. The fourth-order valence-corrected chi connectivity index (χ4v) is 5.11. The van der Waals surface area contributed by atoms with Crippen LogP contribution in [0.4, 0.5) is 0 Å². The SMILES string of the molecule is CCc1c(C(=O)C=O)c2c(OCC(=O)NN3CCSCC3)cccc2n1Cc1ccccc1. The van der Waals surface area contributed by atoms with Crippen LogP contribution in [0.3, 0.4) is 0 Å². The minimum atomic E-state index is -0.588. The van der Waals surface area contributed by atoms with Crippen LogP contribution < -0.4 is 10.2 Å². The maximum atomic E-state index is 12.7. The molecule has 0 saturated carbocycles. The maximum absolute atomic E-state index is 12.7. The Bertz CT molecular complexity index is 1150. The normalized spacial score (nSPS) is 14.2. The lowest BCUT2D eigenvalue weighted by molar-refractivity contribution is -0.127. The Morgan fingerprint density at radius 2 is 1.85 bits per heavy atom. The number of aromatic nitrogens is 1. The number of nitrogens with zero attached hydrogens (tertiary/aromatic N) is 2. The van der Waals surface area contributed by atoms with Gasteiger partial charge in [0.25, 0.3) is 5.91 Å². The van der Waals surface area contributed by atoms with Gasteiger partial charge in [0, 0.05) is 36.8 Å². The third-order valence-electron chi connectivity index (χ3n) is 5.68. The number of Topliss-reactive ketones (excluding diaryl/α,β-unsaturated/α-hetero) is 1. The highest BCUT2D eigenvalue weighted by Crippen LogP contribution is 2.35. The van der Waals surface area contributed by atoms with E-state index in [0.717, 1.165) is 41.4 Å². The lowest BCUT2D eigenvalue weighted by Crippen LogP contribution is -2.48. The summed E-state index contributed by atoms with van der Waals surface area (Å²) < 4.78 is 7.95. The van der Waals surface area contributed by atoms with Gasteiger partial charge in [0.15, 0.2) is 12.9 Å². The van der Waals surface area contributed by atoms with Crippen LogP contribution in [0, 0.1) is 0 Å². The van der Waals surface area contributed by atoms with E-state index in [2.05, 4.69) is 9.99 Å². The molecule has 0 atom stereocenters. The van der Waals surface area contributed by atoms with E-state index in [9.17, 15) is 14.4 Å². The van der Waals surface area contributed by atoms with Crippen molar-refractivity contribution >= 4 is 40.6 Å². The zero-order valence-corrected chi connectivity index (χ0v) is 19.4. The van der Waals surface area contributed by atoms with Crippen molar-refractivity contribution in [3.05, 3.63) is 65.4 Å². The molecule has 2 aromatic carbocycles. The van der Waals surface area contributed by atoms with Gasteiger partial charge in [-0.15, -0.1) is 0 Å². The van der Waals surface area contributed by atoms with Gasteiger partial charge >= 0.3 is 0 Å². The molecule has 1 amide bonds. The summed E-state index contributed by atoms with van der Waals surface area (Å²) in [6, 6.07) is 15.4. The van der Waals surface area contributed by atoms with Crippen molar-refractivity contribution in [1.82, 2.24) is 15.0 Å². The summed E-state index contributed by atoms with van der Waals surface area (Å²) in [6.45, 7) is 3.94. The second-order valence-corrected chi connectivity index (χ2v) is 9.03. The van der Waals surface area contributed by atoms with Crippen LogP contribution >= 0.6 is 11.8 Å². The molecule has 2 heterocycles. The monoisotopic (exact) mass is 465 g/mol. The molecule has 0 unspecified atom stereocenters. The zero-order chi connectivity index (χ0) is 23.2. The standard InChI is InChI=1S/C25H27N3O4S/c1-2-19-24(21(30)16-29)25-20(28(19)15-18-7-4-3-5-8-18)9-6-10-22(25)32-17-23(31)26-27-11-13-33-14-12-27/h3-10,16H,2,11-15,17H2,1H3,(H,26,31). The van der Waals surface area contributed by atoms with Gasteiger partial charge in [0.1, 0.15) is 5.75 Å². The van der Waals surface area contributed by atoms with Gasteiger partial charge in [-0.2, -0.15) is 11.8 Å². The number of benzene rings is 2. The zero-order valence-electron chi connectivity index (χ0n) is 18.6. The summed E-state index contributed by atoms with van der Waals surface area (Å²) in [5, 5.41) is 2.47. The first-order valence-electron chi connectivity index (χ1n) is 11.0. The summed E-state index contributed by atoms with van der Waals surface area (Å²) >= 11 is 1.86. The summed E-state index contributed by atoms with van der Waals surface area (Å²) in [5.41, 5.74) is 5.88. The van der Waals surface area contributed by atoms with Gasteiger partial charge < -0.3 is 9.30 Å². The molecule has 1 aromatic heterocycles. The first-order valence-corrected chi connectivity index (χ1v) is 12.2. The Labute approximate surface area is 197 Å². The number of ketones is 1. The van der Waals surface area contributed by atoms with Gasteiger partial charge in [0.2, 0.25) is 5.78 Å². The number of thioether (sulfide) groups is 1. The Morgan fingerprint density at radius 3 is 2.55 bits per heavy atom. The van der Waals surface area contributed by atoms with Gasteiger partial charge in [-0.05, 0) is 24.1 Å². The molecule has 1 N–H and O–H groups in total. The van der Waals surface area contributed by atoms with E-state index < -0.39 is 5.78 Å². The fourth-order valence-electron chi connectivity index (χ4n) is 4.21. The van der Waals surface area contributed by atoms with Crippen molar-refractivity contribution in [2.75, 3.05) is 31.2 Å². The lowest BCUT2D eigenvalue weighted by Gasteiger charge is -2.26. The van der Waals surface area contributed by atoms with Crippen LogP contribution in [0.1, 0.15) is 28.5 Å². The molecule has 0 bridgehead atoms. The number of carbonyl (C=O) groups is 3. The average molecular weight is 466 g/mol. The molecule has 172 valence electrons. The summed E-state index contributed by atoms with van der Waals surface area (Å²) in [7, 11) is 0. The number of hydrazine groups is 1. The number of hydrogen-bond acceptors (Lipinski definition) is 6. The van der Waals surface area contributed by atoms with Crippen LogP contribution in [0.5, 0.6) is 5.75 Å². The highest BCUT2D eigenvalue weighted by atomic mass is 32.2. The number of ether oxygens (including phenoxy) is 1. The number of fused-ring (bicyclic) bond motifs is 1. The van der Waals surface area contributed by atoms with E-state index in [-0.39, 0.29) is 12.5 Å². The average Bonchev–Trinajstić information content (AvgIpc) is 3.17. The van der Waals surface area contributed by atoms with Crippen LogP contribution in [0.25, 0.3) is 10.9 Å². The predicted octanol–water partition coefficient (Wildman–Crippen LogP) is 3.09. The molecular weight excluding hydrogens is 438 g/mol. The summed E-state index contributed by atoms with van der Waals surface area (Å²) in [5.74, 6) is 1.54. The molecule has 0 spiro atoms. The Morgan fingerprint density at radius 1 is 1.09 bits per heavy atom. The molecular formula is C25H27N3O4S. The molecule has 1 saturated heterocycles. The number of nitrogens with one attached hydrogen (secondary N) is 1. The van der Waals surface area contributed by atoms with E-state index in [1.807, 2.05) is 66.2 Å². The van der Waals surface area contributed by atoms with Gasteiger partial charge in [0.05, 0.1) is 16.5 Å². The summed E-state index contributed by atoms with van der Waals surface area (Å²) in [6.07, 6.45) is 0.919. The molecule has 33 heavy (non-hydrogen) atoms. The van der Waals surface area contributed by atoms with E-state index in [1.54, 1.807) is 6.07 Å². The van der Waals surface area contributed by atoms with Gasteiger partial charge in [-0.25, -0.2) is 5.01 Å². The molecule has 0 aliphatic carbocycles. The Kier molecular flexibility index (Phi) is 7.47. The minimum Gasteiger partial charge on any atom is -0.483 e. The second kappa shape index (κ2) is 10.7. The Balaban J connectivity index is 1.67. The smallest absolute Gasteiger partial charge is 0.272 e. The molecule has 0 radical (unpaired) electrons. The first-order chi connectivity index (χ1) is 16.1. The van der Waals surface area contributed by atoms with Crippen LogP contribution in [0.2, 0.25) is 0 Å². The molecule has 1 fully saturated rings. The third-order valence-corrected chi connectivity index (χ3v) is 6.63. The second-order valence-electron chi connectivity index (χ2n) is 7.80. The summed E-state index contributed by atoms with van der Waals surface area (Å²) in [4.78, 5) is 36.7. The molecule has 1 aliphatic rings. The fraction of sp³-hybridized carbons (Fsp3) is 0.320. The lowest BCUT2D eigenvalue weighted by atomic mass is 10.0. The highest BCUT2D eigenvalue weighted by molar-refractivity contribution is 7.99. The van der Waals surface area contributed by atoms with Crippen molar-refractivity contribution in [3.63, 3.8) is 0 Å². The van der Waals surface area contributed by atoms with E-state index in [0.29, 0.717) is 36.0 Å². The first kappa shape index (κ1) is 23.1. The van der Waals surface area contributed by atoms with Crippen molar-refractivity contribution in [2.24, 2.45) is 0 Å². The van der Waals surface area contributed by atoms with Crippen LogP contribution in [-0.4, -0.2) is 58.8 Å². The predicted molar refractivity (Wildman–Crippen MR) is 130 cm³/mol. The molecule has 7 nitrogen and oxygen atoms in total. The van der Waals surface area contributed by atoms with Crippen molar-refractivity contribution in [1.29, 1.82) is 0 Å². The van der Waals surface area contributed by atoms with Gasteiger partial charge in [-0.1, -0.05) is 43.3 Å². The van der Waals surface area contributed by atoms with Crippen molar-refractivity contribution < 1.29 is 19.1 Å². The number of hydrogen-bond donors (Lipinski definition) is 1. The van der Waals surface area contributed by atoms with E-state index in [4.69, 9.17) is 4.74 Å². The van der Waals surface area contributed by atoms with Crippen molar-refractivity contribution in [2.45, 2.75) is 19.9 Å². The number of amides is 1. The number of carbonyl (C=O) groups excluding carboxylic acids is 3. The molecule has 1 aliphatic heterocycles. The quantitative estimate of drug-likeness (QED) is 0.297. The number of rotatable bonds is 9. The third kappa shape index (κ3) is 5.12. The minimum absolute atomic E-state index is 0.178. The maximum Gasteiger partial charge on any atom is 0.272 e. The molecule has 3 aromatic rings. The van der Waals surface area contributed by atoms with Gasteiger partial charge in [-0.3, -0.25) is 19.8 Å². The largest absolute Gasteiger partial charge is 0.483 e.